The zero-order valence-electron chi connectivity index (χ0n) is 11.4. The Morgan fingerprint density at radius 1 is 1.41 bits per heavy atom. The number of nitrogens with two attached hydrogens (primary N) is 1. The summed E-state index contributed by atoms with van der Waals surface area (Å²) in [5.41, 5.74) is 6.79. The van der Waals surface area contributed by atoms with E-state index in [1.807, 2.05) is 0 Å². The molecule has 112 valence electrons. The second-order valence-corrected chi connectivity index (χ2v) is 5.44. The second kappa shape index (κ2) is 5.26. The van der Waals surface area contributed by atoms with Crippen molar-refractivity contribution in [1.29, 1.82) is 0 Å². The molecule has 0 aliphatic heterocycles. The van der Waals surface area contributed by atoms with Crippen LogP contribution in [-0.4, -0.2) is 31.0 Å². The van der Waals surface area contributed by atoms with Gasteiger partial charge in [-0.15, -0.1) is 0 Å². The van der Waals surface area contributed by atoms with Crippen LogP contribution in [0.4, 0.5) is 5.69 Å². The summed E-state index contributed by atoms with van der Waals surface area (Å²) in [7, 11) is 1.57. The van der Waals surface area contributed by atoms with Crippen molar-refractivity contribution in [2.24, 2.45) is 12.8 Å². The van der Waals surface area contributed by atoms with Crippen LogP contribution < -0.4 is 11.1 Å². The van der Waals surface area contributed by atoms with Gasteiger partial charge in [0, 0.05) is 25.6 Å². The molecule has 2 amide bonds. The van der Waals surface area contributed by atoms with Gasteiger partial charge in [-0.05, 0) is 22.0 Å². The predicted octanol–water partition coefficient (Wildman–Crippen LogP) is 1.18. The van der Waals surface area contributed by atoms with Crippen molar-refractivity contribution in [3.63, 3.8) is 0 Å². The van der Waals surface area contributed by atoms with Gasteiger partial charge in [0.1, 0.15) is 5.69 Å². The smallest absolute Gasteiger partial charge is 0.269 e. The van der Waals surface area contributed by atoms with E-state index >= 15 is 0 Å². The molecule has 0 saturated heterocycles. The molecular formula is C13H11BrN6O2. The molecule has 0 aliphatic rings. The van der Waals surface area contributed by atoms with Gasteiger partial charge in [0.15, 0.2) is 5.65 Å². The molecule has 3 aromatic heterocycles. The summed E-state index contributed by atoms with van der Waals surface area (Å²) >= 11 is 3.37. The Bertz CT molecular complexity index is 897. The fraction of sp³-hybridized carbons (Fsp3) is 0.0769. The fourth-order valence-corrected chi connectivity index (χ4v) is 2.68. The molecule has 3 N–H and O–H groups in total. The topological polar surface area (TPSA) is 107 Å². The van der Waals surface area contributed by atoms with E-state index < -0.39 is 5.91 Å². The lowest BCUT2D eigenvalue weighted by atomic mass is 10.2. The summed E-state index contributed by atoms with van der Waals surface area (Å²) < 4.78 is 3.72. The number of fused-ring (bicyclic) bond motifs is 1. The number of imidazole rings is 1. The first-order valence-corrected chi connectivity index (χ1v) is 7.02. The zero-order chi connectivity index (χ0) is 15.9. The monoisotopic (exact) mass is 362 g/mol. The number of carbonyl (C=O) groups is 2. The molecular weight excluding hydrogens is 352 g/mol. The highest BCUT2D eigenvalue weighted by Gasteiger charge is 2.17. The van der Waals surface area contributed by atoms with Gasteiger partial charge in [0.25, 0.3) is 11.8 Å². The number of hydrogen-bond donors (Lipinski definition) is 2. The summed E-state index contributed by atoms with van der Waals surface area (Å²) in [6, 6.07) is 1.65. The summed E-state index contributed by atoms with van der Waals surface area (Å²) in [5, 5.41) is 6.56. The molecule has 0 bridgehead atoms. The number of carbonyl (C=O) groups excluding carboxylic acids is 2. The number of nitrogens with zero attached hydrogens (tertiary/aromatic N) is 4. The van der Waals surface area contributed by atoms with Crippen molar-refractivity contribution in [3.8, 4) is 0 Å². The van der Waals surface area contributed by atoms with Gasteiger partial charge in [-0.1, -0.05) is 0 Å². The highest BCUT2D eigenvalue weighted by Crippen LogP contribution is 2.20. The molecule has 0 fully saturated rings. The highest BCUT2D eigenvalue weighted by atomic mass is 79.9. The Hall–Kier alpha value is -2.68. The molecule has 0 unspecified atom stereocenters. The Labute approximate surface area is 133 Å². The first-order valence-electron chi connectivity index (χ1n) is 6.22. The molecule has 0 atom stereocenters. The maximum absolute atomic E-state index is 12.4. The molecule has 3 heterocycles. The van der Waals surface area contributed by atoms with E-state index in [4.69, 9.17) is 5.73 Å². The molecule has 3 aromatic rings. The zero-order valence-corrected chi connectivity index (χ0v) is 13.0. The second-order valence-electron chi connectivity index (χ2n) is 4.58. The fourth-order valence-electron chi connectivity index (χ4n) is 2.13. The van der Waals surface area contributed by atoms with Crippen LogP contribution in [0.5, 0.6) is 0 Å². The van der Waals surface area contributed by atoms with Crippen molar-refractivity contribution in [3.05, 3.63) is 46.6 Å². The number of anilines is 1. The molecule has 0 aromatic carbocycles. The third-order valence-corrected chi connectivity index (χ3v) is 3.71. The number of rotatable bonds is 3. The molecule has 0 saturated carbocycles. The quantitative estimate of drug-likeness (QED) is 0.729. The normalized spacial score (nSPS) is 10.8. The summed E-state index contributed by atoms with van der Waals surface area (Å²) in [4.78, 5) is 27.9. The minimum absolute atomic E-state index is 0.135. The van der Waals surface area contributed by atoms with Crippen LogP contribution in [0.25, 0.3) is 5.65 Å². The number of nitrogens with one attached hydrogen (secondary N) is 1. The molecule has 0 spiro atoms. The largest absolute Gasteiger partial charge is 0.364 e. The van der Waals surface area contributed by atoms with Crippen molar-refractivity contribution >= 4 is 39.1 Å². The lowest BCUT2D eigenvalue weighted by Gasteiger charge is -2.07. The Balaban J connectivity index is 1.95. The standard InChI is InChI=1S/C13H11BrN6O2/c1-19-10(11(15)21)9(5-17-19)18-13(22)7-4-8(14)12-16-2-3-20(12)6-7/h2-6H,1H3,(H2,15,21)(H,18,22). The van der Waals surface area contributed by atoms with E-state index in [0.29, 0.717) is 15.7 Å². The Kier molecular flexibility index (Phi) is 3.41. The van der Waals surface area contributed by atoms with E-state index in [0.717, 1.165) is 0 Å². The average molecular weight is 363 g/mol. The van der Waals surface area contributed by atoms with Gasteiger partial charge in [-0.3, -0.25) is 14.3 Å². The van der Waals surface area contributed by atoms with E-state index in [-0.39, 0.29) is 17.3 Å². The molecule has 3 rings (SSSR count). The summed E-state index contributed by atoms with van der Waals surface area (Å²) in [5.74, 6) is -1.05. The van der Waals surface area contributed by atoms with Gasteiger partial charge in [-0.2, -0.15) is 5.10 Å². The lowest BCUT2D eigenvalue weighted by molar-refractivity contribution is 0.0992. The summed E-state index contributed by atoms with van der Waals surface area (Å²) in [6.07, 6.45) is 6.38. The number of amides is 2. The van der Waals surface area contributed by atoms with Gasteiger partial charge >= 0.3 is 0 Å². The SMILES string of the molecule is Cn1ncc(NC(=O)c2cc(Br)c3nccn3c2)c1C(N)=O. The molecule has 8 nitrogen and oxygen atoms in total. The van der Waals surface area contributed by atoms with Crippen LogP contribution >= 0.6 is 15.9 Å². The van der Waals surface area contributed by atoms with E-state index in [2.05, 4.69) is 31.3 Å². The van der Waals surface area contributed by atoms with Crippen molar-refractivity contribution in [2.75, 3.05) is 5.32 Å². The van der Waals surface area contributed by atoms with Crippen LogP contribution in [0.3, 0.4) is 0 Å². The van der Waals surface area contributed by atoms with Gasteiger partial charge in [0.05, 0.1) is 21.9 Å². The van der Waals surface area contributed by atoms with E-state index in [9.17, 15) is 9.59 Å². The predicted molar refractivity (Wildman–Crippen MR) is 82.6 cm³/mol. The molecule has 0 radical (unpaired) electrons. The lowest BCUT2D eigenvalue weighted by Crippen LogP contribution is -2.20. The van der Waals surface area contributed by atoms with E-state index in [1.165, 1.54) is 10.9 Å². The van der Waals surface area contributed by atoms with Gasteiger partial charge < -0.3 is 15.5 Å². The third-order valence-electron chi connectivity index (χ3n) is 3.13. The number of halogens is 1. The number of hydrogen-bond acceptors (Lipinski definition) is 4. The number of aryl methyl sites for hydroxylation is 1. The van der Waals surface area contributed by atoms with Crippen molar-refractivity contribution in [1.82, 2.24) is 19.2 Å². The average Bonchev–Trinajstić information content (AvgIpc) is 3.05. The van der Waals surface area contributed by atoms with Crippen LogP contribution in [0, 0.1) is 0 Å². The number of pyridine rings is 1. The highest BCUT2D eigenvalue weighted by molar-refractivity contribution is 9.10. The maximum Gasteiger partial charge on any atom is 0.269 e. The van der Waals surface area contributed by atoms with Crippen LogP contribution in [0.15, 0.2) is 35.3 Å². The third kappa shape index (κ3) is 2.35. The molecule has 9 heteroatoms. The Morgan fingerprint density at radius 2 is 2.18 bits per heavy atom. The van der Waals surface area contributed by atoms with Gasteiger partial charge in [0.2, 0.25) is 0 Å². The molecule has 0 aliphatic carbocycles. The molecule has 22 heavy (non-hydrogen) atoms. The maximum atomic E-state index is 12.4. The number of aromatic nitrogens is 4. The van der Waals surface area contributed by atoms with Crippen molar-refractivity contribution in [2.45, 2.75) is 0 Å². The first-order chi connectivity index (χ1) is 10.5. The van der Waals surface area contributed by atoms with Gasteiger partial charge in [-0.25, -0.2) is 4.98 Å². The van der Waals surface area contributed by atoms with Crippen molar-refractivity contribution < 1.29 is 9.59 Å². The minimum atomic E-state index is -0.665. The first kappa shape index (κ1) is 14.3. The summed E-state index contributed by atoms with van der Waals surface area (Å²) in [6.45, 7) is 0. The minimum Gasteiger partial charge on any atom is -0.364 e. The van der Waals surface area contributed by atoms with Crippen LogP contribution in [0.1, 0.15) is 20.8 Å². The number of primary amides is 1. The van der Waals surface area contributed by atoms with Crippen LogP contribution in [-0.2, 0) is 7.05 Å². The Morgan fingerprint density at radius 3 is 2.91 bits per heavy atom. The van der Waals surface area contributed by atoms with Crippen LogP contribution in [0.2, 0.25) is 0 Å². The van der Waals surface area contributed by atoms with E-state index in [1.54, 1.807) is 36.1 Å².